The van der Waals surface area contributed by atoms with Crippen LogP contribution in [0.3, 0.4) is 0 Å². The van der Waals surface area contributed by atoms with Gasteiger partial charge in [-0.05, 0) is 25.8 Å². The zero-order chi connectivity index (χ0) is 13.2. The molecule has 0 aromatic carbocycles. The second-order valence-corrected chi connectivity index (χ2v) is 4.70. The molecule has 1 saturated heterocycles. The second-order valence-electron chi connectivity index (χ2n) is 4.70. The van der Waals surface area contributed by atoms with Gasteiger partial charge < -0.3 is 9.32 Å². The first kappa shape index (κ1) is 11.9. The Hall–Kier alpha value is -2.18. The predicted octanol–water partition coefficient (Wildman–Crippen LogP) is 0.845. The Kier molecular flexibility index (Phi) is 3.02. The Bertz CT molecular complexity index is 620. The number of anilines is 1. The fourth-order valence-electron chi connectivity index (χ4n) is 2.42. The Balaban J connectivity index is 1.80. The lowest BCUT2D eigenvalue weighted by Gasteiger charge is -2.31. The molecule has 0 unspecified atom stereocenters. The van der Waals surface area contributed by atoms with E-state index in [1.165, 1.54) is 0 Å². The quantitative estimate of drug-likeness (QED) is 0.862. The average molecular weight is 261 g/mol. The molecule has 0 aliphatic carbocycles. The molecule has 1 aliphatic heterocycles. The third-order valence-electron chi connectivity index (χ3n) is 3.31. The molecule has 0 radical (unpaired) electrons. The summed E-state index contributed by atoms with van der Waals surface area (Å²) in [4.78, 5) is 21.7. The Morgan fingerprint density at radius 3 is 3.16 bits per heavy atom. The van der Waals surface area contributed by atoms with Gasteiger partial charge in [0.2, 0.25) is 5.89 Å². The van der Waals surface area contributed by atoms with Gasteiger partial charge in [0, 0.05) is 19.3 Å². The normalized spacial score (nSPS) is 19.6. The van der Waals surface area contributed by atoms with Gasteiger partial charge in [0.1, 0.15) is 11.6 Å². The lowest BCUT2D eigenvalue weighted by molar-refractivity contribution is 0.384. The van der Waals surface area contributed by atoms with Crippen LogP contribution in [0.4, 0.5) is 5.82 Å². The van der Waals surface area contributed by atoms with Crippen LogP contribution in [0.25, 0.3) is 0 Å². The highest BCUT2D eigenvalue weighted by atomic mass is 16.4. The summed E-state index contributed by atoms with van der Waals surface area (Å²) in [6.07, 6.45) is 3.74. The number of hydrogen-bond donors (Lipinski definition) is 1. The lowest BCUT2D eigenvalue weighted by atomic mass is 9.98. The van der Waals surface area contributed by atoms with Crippen molar-refractivity contribution < 1.29 is 4.42 Å². The van der Waals surface area contributed by atoms with Crippen molar-refractivity contribution >= 4 is 5.82 Å². The summed E-state index contributed by atoms with van der Waals surface area (Å²) in [7, 11) is 0. The van der Waals surface area contributed by atoms with Crippen LogP contribution < -0.4 is 10.7 Å². The maximum absolute atomic E-state index is 11.0. The number of nitrogens with one attached hydrogen (secondary N) is 1. The van der Waals surface area contributed by atoms with Crippen LogP contribution in [0.5, 0.6) is 0 Å². The Labute approximate surface area is 109 Å². The summed E-state index contributed by atoms with van der Waals surface area (Å²) >= 11 is 0. The van der Waals surface area contributed by atoms with Crippen LogP contribution in [-0.2, 0) is 0 Å². The molecule has 100 valence electrons. The van der Waals surface area contributed by atoms with E-state index in [4.69, 9.17) is 4.42 Å². The SMILES string of the molecule is Cc1nccc(N2CCC[C@@H](c3n[nH]c(=O)o3)C2)n1. The zero-order valence-corrected chi connectivity index (χ0v) is 10.7. The Morgan fingerprint density at radius 2 is 2.42 bits per heavy atom. The van der Waals surface area contributed by atoms with E-state index < -0.39 is 5.76 Å². The summed E-state index contributed by atoms with van der Waals surface area (Å²) in [6, 6.07) is 1.90. The van der Waals surface area contributed by atoms with E-state index in [0.29, 0.717) is 5.89 Å². The first-order valence-electron chi connectivity index (χ1n) is 6.32. The number of hydrogen-bond acceptors (Lipinski definition) is 6. The minimum atomic E-state index is -0.495. The molecule has 0 saturated carbocycles. The van der Waals surface area contributed by atoms with Crippen LogP contribution in [0.1, 0.15) is 30.5 Å². The smallest absolute Gasteiger partial charge is 0.392 e. The largest absolute Gasteiger partial charge is 0.434 e. The summed E-state index contributed by atoms with van der Waals surface area (Å²) in [5.74, 6) is 1.79. The Morgan fingerprint density at radius 1 is 1.53 bits per heavy atom. The number of aryl methyl sites for hydroxylation is 1. The van der Waals surface area contributed by atoms with Gasteiger partial charge in [0.05, 0.1) is 5.92 Å². The van der Waals surface area contributed by atoms with Gasteiger partial charge in [-0.3, -0.25) is 0 Å². The van der Waals surface area contributed by atoms with E-state index in [0.717, 1.165) is 37.6 Å². The number of piperidine rings is 1. The van der Waals surface area contributed by atoms with E-state index in [9.17, 15) is 4.79 Å². The van der Waals surface area contributed by atoms with Crippen LogP contribution in [0.15, 0.2) is 21.5 Å². The topological polar surface area (TPSA) is 87.9 Å². The van der Waals surface area contributed by atoms with Gasteiger partial charge in [0.15, 0.2) is 0 Å². The molecule has 0 bridgehead atoms. The molecule has 2 aromatic heterocycles. The molecule has 19 heavy (non-hydrogen) atoms. The van der Waals surface area contributed by atoms with Crippen LogP contribution in [0.2, 0.25) is 0 Å². The summed E-state index contributed by atoms with van der Waals surface area (Å²) in [5, 5.41) is 6.23. The maximum Gasteiger partial charge on any atom is 0.434 e. The summed E-state index contributed by atoms with van der Waals surface area (Å²) in [5.41, 5.74) is 0. The van der Waals surface area contributed by atoms with Crippen molar-refractivity contribution in [2.45, 2.75) is 25.7 Å². The molecular weight excluding hydrogens is 246 g/mol. The monoisotopic (exact) mass is 261 g/mol. The fraction of sp³-hybridized carbons (Fsp3) is 0.500. The molecule has 7 heteroatoms. The third-order valence-corrected chi connectivity index (χ3v) is 3.31. The average Bonchev–Trinajstić information content (AvgIpc) is 2.86. The second kappa shape index (κ2) is 4.83. The van der Waals surface area contributed by atoms with E-state index >= 15 is 0 Å². The maximum atomic E-state index is 11.0. The molecule has 3 heterocycles. The standard InChI is InChI=1S/C12H15N5O2/c1-8-13-5-4-10(14-8)17-6-2-3-9(7-17)11-15-16-12(18)19-11/h4-5,9H,2-3,6-7H2,1H3,(H,16,18)/t9-/m1/s1. The molecule has 0 amide bonds. The molecule has 1 atom stereocenters. The lowest BCUT2D eigenvalue weighted by Crippen LogP contribution is -2.35. The third kappa shape index (κ3) is 2.49. The van der Waals surface area contributed by atoms with Gasteiger partial charge in [-0.2, -0.15) is 0 Å². The van der Waals surface area contributed by atoms with Crippen molar-refractivity contribution in [2.24, 2.45) is 0 Å². The number of rotatable bonds is 2. The van der Waals surface area contributed by atoms with E-state index in [2.05, 4.69) is 25.1 Å². The van der Waals surface area contributed by atoms with E-state index in [1.807, 2.05) is 13.0 Å². The molecule has 1 N–H and O–H groups in total. The minimum absolute atomic E-state index is 0.128. The number of H-pyrrole nitrogens is 1. The molecule has 0 spiro atoms. The van der Waals surface area contributed by atoms with Gasteiger partial charge in [0.25, 0.3) is 0 Å². The molecule has 1 fully saturated rings. The van der Waals surface area contributed by atoms with Gasteiger partial charge >= 0.3 is 5.76 Å². The zero-order valence-electron chi connectivity index (χ0n) is 10.7. The molecular formula is C12H15N5O2. The van der Waals surface area contributed by atoms with Crippen LogP contribution >= 0.6 is 0 Å². The van der Waals surface area contributed by atoms with Gasteiger partial charge in [-0.15, -0.1) is 5.10 Å². The van der Waals surface area contributed by atoms with Crippen molar-refractivity contribution in [1.82, 2.24) is 20.2 Å². The van der Waals surface area contributed by atoms with Crippen molar-refractivity contribution in [3.8, 4) is 0 Å². The molecule has 7 nitrogen and oxygen atoms in total. The molecule has 3 rings (SSSR count). The van der Waals surface area contributed by atoms with E-state index in [-0.39, 0.29) is 5.92 Å². The fourth-order valence-corrected chi connectivity index (χ4v) is 2.42. The highest BCUT2D eigenvalue weighted by Crippen LogP contribution is 2.27. The van der Waals surface area contributed by atoms with Crippen molar-refractivity contribution in [2.75, 3.05) is 18.0 Å². The van der Waals surface area contributed by atoms with Crippen LogP contribution in [0, 0.1) is 6.92 Å². The van der Waals surface area contributed by atoms with Crippen molar-refractivity contribution in [3.63, 3.8) is 0 Å². The highest BCUT2D eigenvalue weighted by Gasteiger charge is 2.26. The molecule has 1 aliphatic rings. The number of aromatic amines is 1. The van der Waals surface area contributed by atoms with Crippen LogP contribution in [-0.4, -0.2) is 33.3 Å². The molecule has 2 aromatic rings. The number of aromatic nitrogens is 4. The highest BCUT2D eigenvalue weighted by molar-refractivity contribution is 5.38. The van der Waals surface area contributed by atoms with Crippen molar-refractivity contribution in [1.29, 1.82) is 0 Å². The first-order chi connectivity index (χ1) is 9.22. The van der Waals surface area contributed by atoms with Gasteiger partial charge in [-0.1, -0.05) is 0 Å². The minimum Gasteiger partial charge on any atom is -0.392 e. The first-order valence-corrected chi connectivity index (χ1v) is 6.32. The van der Waals surface area contributed by atoms with E-state index in [1.54, 1.807) is 6.20 Å². The summed E-state index contributed by atoms with van der Waals surface area (Å²) in [6.45, 7) is 3.57. The summed E-state index contributed by atoms with van der Waals surface area (Å²) < 4.78 is 5.05. The predicted molar refractivity (Wildman–Crippen MR) is 68.1 cm³/mol. The van der Waals surface area contributed by atoms with Gasteiger partial charge in [-0.25, -0.2) is 19.9 Å². The number of nitrogens with zero attached hydrogens (tertiary/aromatic N) is 4. The van der Waals surface area contributed by atoms with Crippen molar-refractivity contribution in [3.05, 3.63) is 34.5 Å².